The summed E-state index contributed by atoms with van der Waals surface area (Å²) >= 11 is 5.81. The lowest BCUT2D eigenvalue weighted by Crippen LogP contribution is -2.52. The van der Waals surface area contributed by atoms with E-state index in [9.17, 15) is 18.8 Å². The third-order valence-corrected chi connectivity index (χ3v) is 5.07. The molecule has 1 spiro atoms. The summed E-state index contributed by atoms with van der Waals surface area (Å²) in [4.78, 5) is 36.8. The normalized spacial score (nSPS) is 25.3. The van der Waals surface area contributed by atoms with Gasteiger partial charge in [0.2, 0.25) is 0 Å². The molecule has 0 atom stereocenters. The van der Waals surface area contributed by atoms with Gasteiger partial charge < -0.3 is 10.1 Å². The molecule has 1 saturated heterocycles. The lowest BCUT2D eigenvalue weighted by molar-refractivity contribution is -0.140. The van der Waals surface area contributed by atoms with Crippen LogP contribution in [0.25, 0.3) is 0 Å². The van der Waals surface area contributed by atoms with Crippen molar-refractivity contribution in [2.24, 2.45) is 5.92 Å². The molecule has 1 heterocycles. The number of hydrogen-bond donors (Lipinski definition) is 2. The van der Waals surface area contributed by atoms with Gasteiger partial charge in [-0.25, -0.2) is 9.18 Å². The largest absolute Gasteiger partial charge is 0.482 e. The van der Waals surface area contributed by atoms with E-state index >= 15 is 0 Å². The molecule has 7 nitrogen and oxygen atoms in total. The zero-order chi connectivity index (χ0) is 18.9. The molecule has 26 heavy (non-hydrogen) atoms. The molecule has 1 aliphatic carbocycles. The molecule has 2 aliphatic rings. The minimum absolute atomic E-state index is 0.0167. The maximum Gasteiger partial charge on any atom is 0.344 e. The van der Waals surface area contributed by atoms with E-state index in [1.54, 1.807) is 0 Å². The first kappa shape index (κ1) is 18.4. The van der Waals surface area contributed by atoms with Crippen LogP contribution >= 0.6 is 11.6 Å². The van der Waals surface area contributed by atoms with E-state index in [-0.39, 0.29) is 10.8 Å². The van der Waals surface area contributed by atoms with Crippen molar-refractivity contribution >= 4 is 29.4 Å². The number of nitrogens with zero attached hydrogens (tertiary/aromatic N) is 1. The Bertz CT molecular complexity index is 750. The number of nitrogens with one attached hydrogen (secondary N) is 2. The summed E-state index contributed by atoms with van der Waals surface area (Å²) < 4.78 is 18.2. The predicted molar refractivity (Wildman–Crippen MR) is 90.8 cm³/mol. The quantitative estimate of drug-likeness (QED) is 0.781. The molecule has 140 valence electrons. The summed E-state index contributed by atoms with van der Waals surface area (Å²) in [5.74, 6) is -1.06. The lowest BCUT2D eigenvalue weighted by Gasteiger charge is -2.33. The number of hydrogen-bond acceptors (Lipinski definition) is 4. The van der Waals surface area contributed by atoms with Crippen LogP contribution in [-0.4, -0.2) is 35.0 Å². The van der Waals surface area contributed by atoms with Crippen molar-refractivity contribution < 1.29 is 23.5 Å². The Hall–Kier alpha value is -2.35. The fourth-order valence-electron chi connectivity index (χ4n) is 3.21. The topological polar surface area (TPSA) is 87.7 Å². The Morgan fingerprint density at radius 1 is 1.42 bits per heavy atom. The average Bonchev–Trinajstić information content (AvgIpc) is 2.81. The van der Waals surface area contributed by atoms with Crippen LogP contribution in [0.3, 0.4) is 0 Å². The van der Waals surface area contributed by atoms with E-state index in [1.165, 1.54) is 6.07 Å². The predicted octanol–water partition coefficient (Wildman–Crippen LogP) is 2.39. The van der Waals surface area contributed by atoms with Gasteiger partial charge >= 0.3 is 6.03 Å². The number of rotatable bonds is 4. The first-order valence-electron chi connectivity index (χ1n) is 8.35. The highest BCUT2D eigenvalue weighted by Gasteiger charge is 2.52. The fraction of sp³-hybridized carbons (Fsp3) is 0.471. The molecule has 0 aromatic heterocycles. The van der Waals surface area contributed by atoms with Gasteiger partial charge in [0.1, 0.15) is 17.1 Å². The third-order valence-electron chi connectivity index (χ3n) is 4.78. The van der Waals surface area contributed by atoms with Crippen molar-refractivity contribution in [1.29, 1.82) is 0 Å². The monoisotopic (exact) mass is 383 g/mol. The number of carbonyl (C=O) groups is 3. The lowest BCUT2D eigenvalue weighted by atomic mass is 9.77. The fourth-order valence-corrected chi connectivity index (χ4v) is 3.43. The van der Waals surface area contributed by atoms with Crippen LogP contribution in [0.5, 0.6) is 5.75 Å². The van der Waals surface area contributed by atoms with E-state index < -0.39 is 35.8 Å². The Morgan fingerprint density at radius 3 is 2.77 bits per heavy atom. The maximum absolute atomic E-state index is 13.0. The molecule has 4 amide bonds. The Kier molecular flexibility index (Phi) is 5.04. The van der Waals surface area contributed by atoms with Gasteiger partial charge in [-0.1, -0.05) is 18.5 Å². The van der Waals surface area contributed by atoms with Gasteiger partial charge in [-0.15, -0.1) is 0 Å². The first-order valence-corrected chi connectivity index (χ1v) is 8.72. The summed E-state index contributed by atoms with van der Waals surface area (Å²) in [5.41, 5.74) is 1.32. The van der Waals surface area contributed by atoms with Crippen LogP contribution in [0.1, 0.15) is 32.6 Å². The minimum atomic E-state index is -0.933. The van der Waals surface area contributed by atoms with Crippen LogP contribution in [0, 0.1) is 11.7 Å². The van der Waals surface area contributed by atoms with Gasteiger partial charge in [-0.2, -0.15) is 5.01 Å². The molecule has 3 rings (SSSR count). The molecular weight excluding hydrogens is 365 g/mol. The smallest absolute Gasteiger partial charge is 0.344 e. The first-order chi connectivity index (χ1) is 12.3. The van der Waals surface area contributed by atoms with E-state index in [0.29, 0.717) is 23.8 Å². The number of ether oxygens (including phenoxy) is 1. The van der Waals surface area contributed by atoms with Gasteiger partial charge in [0, 0.05) is 0 Å². The summed E-state index contributed by atoms with van der Waals surface area (Å²) in [6.07, 6.45) is 2.76. The molecule has 1 aliphatic heterocycles. The zero-order valence-corrected chi connectivity index (χ0v) is 14.9. The standard InChI is InChI=1S/C17H19ClFN3O4/c1-10-4-6-17(7-5-10)15(24)22(16(25)20-17)21-14(23)9-26-13-3-2-11(19)8-12(13)18/h2-3,8,10H,4-7,9H2,1H3,(H,20,25)(H,21,23). The number of carbonyl (C=O) groups excluding carboxylic acids is 3. The Morgan fingerprint density at radius 2 is 2.12 bits per heavy atom. The highest BCUT2D eigenvalue weighted by molar-refractivity contribution is 6.32. The number of halogens is 2. The zero-order valence-electron chi connectivity index (χ0n) is 14.2. The van der Waals surface area contributed by atoms with Crippen molar-refractivity contribution in [3.63, 3.8) is 0 Å². The highest BCUT2D eigenvalue weighted by Crippen LogP contribution is 2.35. The molecule has 1 aromatic rings. The third kappa shape index (κ3) is 3.60. The van der Waals surface area contributed by atoms with E-state index in [0.717, 1.165) is 25.0 Å². The van der Waals surface area contributed by atoms with E-state index in [2.05, 4.69) is 17.7 Å². The molecule has 1 saturated carbocycles. The number of benzene rings is 1. The second-order valence-electron chi connectivity index (χ2n) is 6.73. The van der Waals surface area contributed by atoms with E-state index in [1.807, 2.05) is 0 Å². The van der Waals surface area contributed by atoms with Crippen molar-refractivity contribution in [3.05, 3.63) is 29.0 Å². The summed E-state index contributed by atoms with van der Waals surface area (Å²) in [6, 6.07) is 2.83. The van der Waals surface area contributed by atoms with Crippen LogP contribution in [0.2, 0.25) is 5.02 Å². The van der Waals surface area contributed by atoms with Crippen LogP contribution in [0.15, 0.2) is 18.2 Å². The SMILES string of the molecule is CC1CCC2(CC1)NC(=O)N(NC(=O)COc1ccc(F)cc1Cl)C2=O. The van der Waals surface area contributed by atoms with Crippen molar-refractivity contribution in [2.45, 2.75) is 38.1 Å². The molecule has 0 unspecified atom stereocenters. The molecule has 1 aromatic carbocycles. The summed E-state index contributed by atoms with van der Waals surface area (Å²) in [6.45, 7) is 1.62. The molecule has 2 fully saturated rings. The molecule has 0 radical (unpaired) electrons. The number of urea groups is 1. The van der Waals surface area contributed by atoms with Gasteiger partial charge in [-0.05, 0) is 49.8 Å². The molecule has 9 heteroatoms. The van der Waals surface area contributed by atoms with Crippen molar-refractivity contribution in [3.8, 4) is 5.75 Å². The minimum Gasteiger partial charge on any atom is -0.482 e. The van der Waals surface area contributed by atoms with Crippen LogP contribution in [0.4, 0.5) is 9.18 Å². The molecule has 2 N–H and O–H groups in total. The summed E-state index contributed by atoms with van der Waals surface area (Å²) in [7, 11) is 0. The average molecular weight is 384 g/mol. The van der Waals surface area contributed by atoms with Crippen LogP contribution in [-0.2, 0) is 9.59 Å². The van der Waals surface area contributed by atoms with Gasteiger partial charge in [-0.3, -0.25) is 15.0 Å². The van der Waals surface area contributed by atoms with Crippen molar-refractivity contribution in [1.82, 2.24) is 15.8 Å². The highest BCUT2D eigenvalue weighted by atomic mass is 35.5. The number of hydrazine groups is 1. The number of amides is 4. The number of imide groups is 1. The molecule has 0 bridgehead atoms. The maximum atomic E-state index is 13.0. The Balaban J connectivity index is 1.59. The van der Waals surface area contributed by atoms with Crippen molar-refractivity contribution in [2.75, 3.05) is 6.61 Å². The second-order valence-corrected chi connectivity index (χ2v) is 7.14. The van der Waals surface area contributed by atoms with Gasteiger partial charge in [0.25, 0.3) is 11.8 Å². The summed E-state index contributed by atoms with van der Waals surface area (Å²) in [5, 5.41) is 3.42. The second kappa shape index (κ2) is 7.11. The van der Waals surface area contributed by atoms with Crippen LogP contribution < -0.4 is 15.5 Å². The molecular formula is C17H19ClFN3O4. The van der Waals surface area contributed by atoms with Gasteiger partial charge in [0.15, 0.2) is 6.61 Å². The Labute approximate surface area is 154 Å². The van der Waals surface area contributed by atoms with Gasteiger partial charge in [0.05, 0.1) is 5.02 Å². The van der Waals surface area contributed by atoms with E-state index in [4.69, 9.17) is 16.3 Å².